The average Bonchev–Trinajstić information content (AvgIpc) is 2.72. The second-order valence-corrected chi connectivity index (χ2v) is 5.03. The van der Waals surface area contributed by atoms with Crippen LogP contribution in [0.1, 0.15) is 33.6 Å². The molecule has 2 aliphatic rings. The Bertz CT molecular complexity index is 600. The highest BCUT2D eigenvalue weighted by molar-refractivity contribution is 6.21. The number of benzene rings is 1. The van der Waals surface area contributed by atoms with Crippen molar-refractivity contribution in [3.63, 3.8) is 0 Å². The lowest BCUT2D eigenvalue weighted by molar-refractivity contribution is -0.142. The molecule has 1 aromatic rings. The number of rotatable bonds is 2. The van der Waals surface area contributed by atoms with Gasteiger partial charge in [0.15, 0.2) is 0 Å². The number of hydrogen-bond acceptors (Lipinski definition) is 3. The maximum atomic E-state index is 12.3. The summed E-state index contributed by atoms with van der Waals surface area (Å²) in [6.45, 7) is 0. The molecule has 20 heavy (non-hydrogen) atoms. The Hall–Kier alpha value is -2.43. The molecule has 0 aromatic heterocycles. The highest BCUT2D eigenvalue weighted by Gasteiger charge is 2.40. The number of carbonyl (C=O) groups is 3. The van der Waals surface area contributed by atoms with Crippen LogP contribution in [0.25, 0.3) is 0 Å². The topological polar surface area (TPSA) is 74.7 Å². The van der Waals surface area contributed by atoms with Crippen molar-refractivity contribution >= 4 is 17.8 Å². The zero-order valence-electron chi connectivity index (χ0n) is 10.7. The first-order chi connectivity index (χ1) is 9.59. The molecule has 0 bridgehead atoms. The molecule has 0 radical (unpaired) electrons. The Morgan fingerprint density at radius 1 is 1.15 bits per heavy atom. The Morgan fingerprint density at radius 2 is 1.75 bits per heavy atom. The molecular weight excluding hydrogens is 258 g/mol. The van der Waals surface area contributed by atoms with Crippen LogP contribution < -0.4 is 0 Å². The number of hydrogen-bond donors (Lipinski definition) is 1. The van der Waals surface area contributed by atoms with Crippen molar-refractivity contribution in [3.8, 4) is 0 Å². The fraction of sp³-hybridized carbons (Fsp3) is 0.267. The van der Waals surface area contributed by atoms with Gasteiger partial charge in [0.1, 0.15) is 0 Å². The Morgan fingerprint density at radius 3 is 2.30 bits per heavy atom. The van der Waals surface area contributed by atoms with Crippen LogP contribution in [0.15, 0.2) is 36.4 Å². The van der Waals surface area contributed by atoms with E-state index in [4.69, 9.17) is 5.11 Å². The summed E-state index contributed by atoms with van der Waals surface area (Å²) >= 11 is 0. The van der Waals surface area contributed by atoms with Gasteiger partial charge >= 0.3 is 5.97 Å². The van der Waals surface area contributed by atoms with Crippen molar-refractivity contribution < 1.29 is 19.5 Å². The first-order valence-corrected chi connectivity index (χ1v) is 6.46. The van der Waals surface area contributed by atoms with E-state index in [0.29, 0.717) is 17.5 Å². The summed E-state index contributed by atoms with van der Waals surface area (Å²) in [5.74, 6) is -2.12. The van der Waals surface area contributed by atoms with E-state index in [2.05, 4.69) is 0 Å². The van der Waals surface area contributed by atoms with Crippen molar-refractivity contribution in [3.05, 3.63) is 47.5 Å². The molecule has 3 rings (SSSR count). The van der Waals surface area contributed by atoms with Gasteiger partial charge in [0, 0.05) is 0 Å². The Kier molecular flexibility index (Phi) is 2.89. The van der Waals surface area contributed by atoms with Crippen LogP contribution in [0.5, 0.6) is 0 Å². The van der Waals surface area contributed by atoms with Gasteiger partial charge < -0.3 is 5.11 Å². The molecule has 1 aliphatic carbocycles. The molecule has 0 saturated carbocycles. The first kappa shape index (κ1) is 12.6. The molecule has 0 saturated heterocycles. The normalized spacial score (nSPS) is 24.9. The number of imide groups is 1. The van der Waals surface area contributed by atoms with Gasteiger partial charge in [0.25, 0.3) is 11.8 Å². The number of nitrogens with zero attached hydrogens (tertiary/aromatic N) is 1. The Labute approximate surface area is 115 Å². The molecule has 102 valence electrons. The number of amides is 2. The number of allylic oxidation sites excluding steroid dienone is 1. The van der Waals surface area contributed by atoms with Crippen molar-refractivity contribution in [2.75, 3.05) is 0 Å². The molecule has 1 N–H and O–H groups in total. The molecule has 5 nitrogen and oxygen atoms in total. The number of fused-ring (bicyclic) bond motifs is 1. The summed E-state index contributed by atoms with van der Waals surface area (Å²) < 4.78 is 0. The van der Waals surface area contributed by atoms with Crippen LogP contribution in [0.3, 0.4) is 0 Å². The molecule has 0 unspecified atom stereocenters. The molecule has 1 aromatic carbocycles. The lowest BCUT2D eigenvalue weighted by Gasteiger charge is -2.28. The predicted octanol–water partition coefficient (Wildman–Crippen LogP) is 1.70. The lowest BCUT2D eigenvalue weighted by Crippen LogP contribution is -2.41. The minimum Gasteiger partial charge on any atom is -0.481 e. The average molecular weight is 271 g/mol. The van der Waals surface area contributed by atoms with E-state index in [1.807, 2.05) is 0 Å². The second kappa shape index (κ2) is 4.59. The van der Waals surface area contributed by atoms with Crippen LogP contribution in [-0.2, 0) is 4.79 Å². The van der Waals surface area contributed by atoms with Gasteiger partial charge in [-0.3, -0.25) is 19.3 Å². The molecule has 1 aliphatic heterocycles. The van der Waals surface area contributed by atoms with Crippen molar-refractivity contribution in [2.24, 2.45) is 5.92 Å². The molecule has 2 amide bonds. The van der Waals surface area contributed by atoms with E-state index >= 15 is 0 Å². The summed E-state index contributed by atoms with van der Waals surface area (Å²) in [6, 6.07) is 6.19. The minimum atomic E-state index is -0.893. The van der Waals surface area contributed by atoms with Gasteiger partial charge in [-0.2, -0.15) is 0 Å². The third kappa shape index (κ3) is 1.82. The van der Waals surface area contributed by atoms with Crippen LogP contribution in [0.4, 0.5) is 0 Å². The van der Waals surface area contributed by atoms with Gasteiger partial charge in [-0.25, -0.2) is 0 Å². The van der Waals surface area contributed by atoms with Crippen LogP contribution >= 0.6 is 0 Å². The zero-order chi connectivity index (χ0) is 14.3. The fourth-order valence-corrected chi connectivity index (χ4v) is 2.77. The summed E-state index contributed by atoms with van der Waals surface area (Å²) in [4.78, 5) is 36.9. The monoisotopic (exact) mass is 271 g/mol. The van der Waals surface area contributed by atoms with E-state index in [-0.39, 0.29) is 18.2 Å². The van der Waals surface area contributed by atoms with Crippen molar-refractivity contribution in [2.45, 2.75) is 18.9 Å². The van der Waals surface area contributed by atoms with Crippen molar-refractivity contribution in [1.29, 1.82) is 0 Å². The van der Waals surface area contributed by atoms with E-state index < -0.39 is 17.9 Å². The third-order valence-corrected chi connectivity index (χ3v) is 3.81. The lowest BCUT2D eigenvalue weighted by atomic mass is 9.90. The largest absolute Gasteiger partial charge is 0.481 e. The third-order valence-electron chi connectivity index (χ3n) is 3.81. The van der Waals surface area contributed by atoms with Gasteiger partial charge in [-0.15, -0.1) is 0 Å². The predicted molar refractivity (Wildman–Crippen MR) is 70.2 cm³/mol. The fourth-order valence-electron chi connectivity index (χ4n) is 2.77. The summed E-state index contributed by atoms with van der Waals surface area (Å²) in [6.07, 6.45) is 4.20. The molecule has 1 heterocycles. The van der Waals surface area contributed by atoms with E-state index in [1.54, 1.807) is 36.4 Å². The van der Waals surface area contributed by atoms with Gasteiger partial charge in [-0.1, -0.05) is 24.3 Å². The molecule has 0 spiro atoms. The smallest absolute Gasteiger partial charge is 0.306 e. The Balaban J connectivity index is 1.91. The number of aliphatic carboxylic acids is 1. The van der Waals surface area contributed by atoms with Crippen LogP contribution in [0.2, 0.25) is 0 Å². The van der Waals surface area contributed by atoms with E-state index in [1.165, 1.54) is 4.90 Å². The maximum Gasteiger partial charge on any atom is 0.306 e. The van der Waals surface area contributed by atoms with Gasteiger partial charge in [0.2, 0.25) is 0 Å². The van der Waals surface area contributed by atoms with Crippen LogP contribution in [-0.4, -0.2) is 33.8 Å². The number of carboxylic acids is 1. The quantitative estimate of drug-likeness (QED) is 0.656. The highest BCUT2D eigenvalue weighted by atomic mass is 16.4. The highest BCUT2D eigenvalue weighted by Crippen LogP contribution is 2.30. The van der Waals surface area contributed by atoms with Gasteiger partial charge in [0.05, 0.1) is 23.1 Å². The summed E-state index contributed by atoms with van der Waals surface area (Å²) in [5, 5.41) is 9.08. The number of carbonyl (C=O) groups excluding carboxylic acids is 2. The van der Waals surface area contributed by atoms with E-state index in [9.17, 15) is 14.4 Å². The van der Waals surface area contributed by atoms with Crippen molar-refractivity contribution in [1.82, 2.24) is 4.90 Å². The van der Waals surface area contributed by atoms with E-state index in [0.717, 1.165) is 0 Å². The number of carboxylic acid groups (broad SMARTS) is 1. The zero-order valence-corrected chi connectivity index (χ0v) is 10.7. The standard InChI is InChI=1S/C15H13NO4/c17-13-11-6-1-2-7-12(11)14(18)16(13)10-5-3-4-9(8-10)15(19)20/h1-3,5-7,9-10H,4,8H2,(H,19,20)/t9-,10-/m1/s1. The van der Waals surface area contributed by atoms with Gasteiger partial charge in [-0.05, 0) is 25.0 Å². The molecule has 2 atom stereocenters. The molecule has 0 fully saturated rings. The summed E-state index contributed by atoms with van der Waals surface area (Å²) in [7, 11) is 0. The first-order valence-electron chi connectivity index (χ1n) is 6.46. The minimum absolute atomic E-state index is 0.275. The summed E-state index contributed by atoms with van der Waals surface area (Å²) in [5.41, 5.74) is 0.784. The SMILES string of the molecule is O=C(O)[C@@H]1CC=C[C@@H](N2C(=O)c3ccccc3C2=O)C1. The molecule has 5 heteroatoms. The van der Waals surface area contributed by atoms with Crippen LogP contribution in [0, 0.1) is 5.92 Å². The maximum absolute atomic E-state index is 12.3. The molecular formula is C15H13NO4. The second-order valence-electron chi connectivity index (χ2n) is 5.03.